The largest absolute Gasteiger partial charge is 0.449 e. The summed E-state index contributed by atoms with van der Waals surface area (Å²) in [4.78, 5) is 11.1. The maximum absolute atomic E-state index is 11.1. The predicted molar refractivity (Wildman–Crippen MR) is 44.9 cm³/mol. The molecule has 0 unspecified atom stereocenters. The van der Waals surface area contributed by atoms with Gasteiger partial charge in [-0.25, -0.2) is 4.79 Å². The normalized spacial score (nSPS) is 9.75. The molecule has 0 N–H and O–H groups in total. The van der Waals surface area contributed by atoms with Gasteiger partial charge in [-0.15, -0.1) is 0 Å². The van der Waals surface area contributed by atoms with E-state index in [0.29, 0.717) is 6.61 Å². The Labute approximate surface area is 72.0 Å². The number of hydrogen-bond donors (Lipinski definition) is 0. The fourth-order valence-electron chi connectivity index (χ4n) is 0.782. The highest BCUT2D eigenvalue weighted by atomic mass is 16.5. The highest BCUT2D eigenvalue weighted by molar-refractivity contribution is 5.70. The molecule has 0 spiro atoms. The second-order valence-electron chi connectivity index (χ2n) is 2.48. The minimum absolute atomic E-state index is 0.353. The van der Waals surface area contributed by atoms with E-state index < -0.39 is 0 Å². The monoisotopic (exact) mass is 166 g/mol. The highest BCUT2D eigenvalue weighted by Gasteiger charge is 2.02. The van der Waals surface area contributed by atoms with Crippen LogP contribution in [0.1, 0.15) is 19.8 Å². The Bertz CT molecular complexity index is 229. The average molecular weight is 166 g/mol. The quantitative estimate of drug-likeness (QED) is 0.644. The van der Waals surface area contributed by atoms with Crippen LogP contribution in [0.4, 0.5) is 4.79 Å². The number of carbonyl (C=O) groups is 1. The predicted octanol–water partition coefficient (Wildman–Crippen LogP) is 2.07. The number of hydrogen-bond acceptors (Lipinski definition) is 2. The van der Waals surface area contributed by atoms with E-state index in [4.69, 9.17) is 4.74 Å². The Balaban J connectivity index is 2.30. The van der Waals surface area contributed by atoms with Crippen molar-refractivity contribution in [1.82, 2.24) is 4.57 Å². The van der Waals surface area contributed by atoms with Gasteiger partial charge in [0.05, 0.1) is 12.8 Å². The molecule has 0 aliphatic heterocycles. The summed E-state index contributed by atoms with van der Waals surface area (Å²) in [5, 5.41) is 0. The van der Waals surface area contributed by atoms with Gasteiger partial charge in [-0.1, -0.05) is 13.3 Å². The van der Waals surface area contributed by atoms with Crippen molar-refractivity contribution in [2.24, 2.45) is 0 Å². The van der Waals surface area contributed by atoms with Gasteiger partial charge in [-0.3, -0.25) is 4.57 Å². The molecular formula is C9H12NO2. The topological polar surface area (TPSA) is 31.2 Å². The van der Waals surface area contributed by atoms with Crippen molar-refractivity contribution >= 4 is 6.09 Å². The molecular weight excluding hydrogens is 154 g/mol. The molecule has 1 aromatic heterocycles. The number of rotatable bonds is 3. The first-order valence-corrected chi connectivity index (χ1v) is 4.06. The van der Waals surface area contributed by atoms with E-state index in [9.17, 15) is 4.79 Å². The van der Waals surface area contributed by atoms with Crippen LogP contribution in [0.2, 0.25) is 0 Å². The van der Waals surface area contributed by atoms with Crippen molar-refractivity contribution in [2.45, 2.75) is 19.8 Å². The molecule has 1 rings (SSSR count). The third-order valence-corrected chi connectivity index (χ3v) is 1.47. The molecule has 0 bridgehead atoms. The Morgan fingerprint density at radius 1 is 1.67 bits per heavy atom. The molecule has 3 heteroatoms. The molecule has 0 atom stereocenters. The third kappa shape index (κ3) is 2.42. The van der Waals surface area contributed by atoms with E-state index in [2.05, 4.69) is 13.1 Å². The van der Waals surface area contributed by atoms with E-state index in [1.165, 1.54) is 4.57 Å². The highest BCUT2D eigenvalue weighted by Crippen LogP contribution is 1.94. The van der Waals surface area contributed by atoms with Gasteiger partial charge >= 0.3 is 6.09 Å². The van der Waals surface area contributed by atoms with Crippen LogP contribution in [-0.4, -0.2) is 17.3 Å². The average Bonchev–Trinajstić information content (AvgIpc) is 2.56. The van der Waals surface area contributed by atoms with E-state index in [1.807, 2.05) is 0 Å². The summed E-state index contributed by atoms with van der Waals surface area (Å²) in [6.07, 6.45) is 5.91. The SMILES string of the molecule is CCCCOC(=O)n1[c]ccc1. The summed E-state index contributed by atoms with van der Waals surface area (Å²) in [6, 6.07) is 3.40. The smallest absolute Gasteiger partial charge is 0.418 e. The summed E-state index contributed by atoms with van der Waals surface area (Å²) in [5.41, 5.74) is 0. The Kier molecular flexibility index (Phi) is 3.38. The van der Waals surface area contributed by atoms with Crippen LogP contribution in [0.3, 0.4) is 0 Å². The number of ether oxygens (including phenoxy) is 1. The second-order valence-corrected chi connectivity index (χ2v) is 2.48. The maximum Gasteiger partial charge on any atom is 0.418 e. The molecule has 3 nitrogen and oxygen atoms in total. The molecule has 65 valence electrons. The van der Waals surface area contributed by atoms with E-state index in [1.54, 1.807) is 18.3 Å². The minimum Gasteiger partial charge on any atom is -0.449 e. The molecule has 0 aliphatic carbocycles. The Morgan fingerprint density at radius 3 is 3.08 bits per heavy atom. The minimum atomic E-state index is -0.353. The molecule has 0 saturated carbocycles. The van der Waals surface area contributed by atoms with Crippen molar-refractivity contribution in [2.75, 3.05) is 6.61 Å². The lowest BCUT2D eigenvalue weighted by molar-refractivity contribution is 0.146. The summed E-state index contributed by atoms with van der Waals surface area (Å²) in [7, 11) is 0. The van der Waals surface area contributed by atoms with Gasteiger partial charge in [-0.2, -0.15) is 0 Å². The lowest BCUT2D eigenvalue weighted by Gasteiger charge is -2.02. The zero-order chi connectivity index (χ0) is 8.81. The molecule has 0 saturated heterocycles. The van der Waals surface area contributed by atoms with Crippen LogP contribution in [0.25, 0.3) is 0 Å². The zero-order valence-corrected chi connectivity index (χ0v) is 7.12. The van der Waals surface area contributed by atoms with Gasteiger partial charge in [0, 0.05) is 6.20 Å². The van der Waals surface area contributed by atoms with Crippen molar-refractivity contribution < 1.29 is 9.53 Å². The van der Waals surface area contributed by atoms with E-state index in [0.717, 1.165) is 12.8 Å². The maximum atomic E-state index is 11.1. The van der Waals surface area contributed by atoms with Crippen molar-refractivity contribution in [3.05, 3.63) is 24.5 Å². The van der Waals surface area contributed by atoms with E-state index in [-0.39, 0.29) is 6.09 Å². The lowest BCUT2D eigenvalue weighted by atomic mass is 10.4. The summed E-state index contributed by atoms with van der Waals surface area (Å²) in [6.45, 7) is 2.54. The van der Waals surface area contributed by atoms with Crippen molar-refractivity contribution in [1.29, 1.82) is 0 Å². The first kappa shape index (κ1) is 8.84. The van der Waals surface area contributed by atoms with Gasteiger partial charge in [-0.05, 0) is 18.6 Å². The van der Waals surface area contributed by atoms with E-state index >= 15 is 0 Å². The standard InChI is InChI=1S/C9H12NO2/c1-2-3-8-12-9(11)10-6-4-5-7-10/h4-6H,2-3,8H2,1H3. The molecule has 0 aliphatic rings. The van der Waals surface area contributed by atoms with Gasteiger partial charge in [0.15, 0.2) is 0 Å². The molecule has 0 fully saturated rings. The Morgan fingerprint density at radius 2 is 2.50 bits per heavy atom. The third-order valence-electron chi connectivity index (χ3n) is 1.47. The van der Waals surface area contributed by atoms with Crippen LogP contribution in [0, 0.1) is 6.20 Å². The summed E-state index contributed by atoms with van der Waals surface area (Å²) < 4.78 is 6.22. The number of aromatic nitrogens is 1. The molecule has 0 amide bonds. The van der Waals surface area contributed by atoms with Gasteiger partial charge in [0.25, 0.3) is 0 Å². The van der Waals surface area contributed by atoms with Gasteiger partial charge in [0.2, 0.25) is 0 Å². The summed E-state index contributed by atoms with van der Waals surface area (Å²) >= 11 is 0. The van der Waals surface area contributed by atoms with Gasteiger partial charge < -0.3 is 4.74 Å². The first-order valence-electron chi connectivity index (χ1n) is 4.06. The van der Waals surface area contributed by atoms with Crippen LogP contribution in [0.15, 0.2) is 18.3 Å². The molecule has 0 aromatic carbocycles. The molecule has 12 heavy (non-hydrogen) atoms. The van der Waals surface area contributed by atoms with Crippen LogP contribution in [0.5, 0.6) is 0 Å². The first-order chi connectivity index (χ1) is 5.84. The number of nitrogens with zero attached hydrogens (tertiary/aromatic N) is 1. The number of carbonyl (C=O) groups excluding carboxylic acids is 1. The van der Waals surface area contributed by atoms with Crippen LogP contribution in [-0.2, 0) is 4.74 Å². The zero-order valence-electron chi connectivity index (χ0n) is 7.12. The Hall–Kier alpha value is -1.25. The second kappa shape index (κ2) is 4.59. The van der Waals surface area contributed by atoms with Crippen LogP contribution >= 0.6 is 0 Å². The molecule has 1 heterocycles. The fourth-order valence-corrected chi connectivity index (χ4v) is 0.782. The van der Waals surface area contributed by atoms with Crippen molar-refractivity contribution in [3.8, 4) is 0 Å². The molecule has 1 radical (unpaired) electrons. The number of unbranched alkanes of at least 4 members (excludes halogenated alkanes) is 1. The van der Waals surface area contributed by atoms with Crippen molar-refractivity contribution in [3.63, 3.8) is 0 Å². The fraction of sp³-hybridized carbons (Fsp3) is 0.444. The van der Waals surface area contributed by atoms with Crippen LogP contribution < -0.4 is 0 Å². The summed E-state index contributed by atoms with van der Waals surface area (Å²) in [5.74, 6) is 0. The van der Waals surface area contributed by atoms with Gasteiger partial charge in [0.1, 0.15) is 0 Å². The lowest BCUT2D eigenvalue weighted by Crippen LogP contribution is -2.12. The molecule has 1 aromatic rings.